The van der Waals surface area contributed by atoms with Gasteiger partial charge in [-0.1, -0.05) is 234 Å². The molecule has 0 aromatic rings. The lowest BCUT2D eigenvalue weighted by Gasteiger charge is -2.30. The van der Waals surface area contributed by atoms with E-state index in [0.29, 0.717) is 15.5 Å². The second-order valence-corrected chi connectivity index (χ2v) is 26.6. The predicted octanol–water partition coefficient (Wildman–Crippen LogP) is 20.8. The van der Waals surface area contributed by atoms with Gasteiger partial charge < -0.3 is 0 Å². The van der Waals surface area contributed by atoms with E-state index in [0.717, 1.165) is 0 Å². The second kappa shape index (κ2) is 42.7. The Morgan fingerprint density at radius 2 is 0.379 bits per heavy atom. The average Bonchev–Trinajstić information content (AvgIpc) is 3.21. The molecular weight excluding hydrogens is 772 g/mol. The van der Waals surface area contributed by atoms with E-state index in [-0.39, 0.29) is 7.92 Å². The molecule has 0 saturated carbocycles. The Morgan fingerprint density at radius 3 is 0.534 bits per heavy atom. The van der Waals surface area contributed by atoms with Crippen LogP contribution in [0.5, 0.6) is 0 Å². The summed E-state index contributed by atoms with van der Waals surface area (Å²) in [6.45, 7) is 14.1. The van der Waals surface area contributed by atoms with E-state index in [1.807, 2.05) is 0 Å². The molecule has 0 spiro atoms. The van der Waals surface area contributed by atoms with Crippen LogP contribution in [0, 0.1) is 0 Å². The first-order chi connectivity index (χ1) is 28.1. The lowest BCUT2D eigenvalue weighted by Crippen LogP contribution is -2.21. The highest BCUT2D eigenvalue weighted by molar-refractivity contribution is 7.57. The van der Waals surface area contributed by atoms with Crippen molar-refractivity contribution in [3.63, 3.8) is 0 Å². The molecule has 0 nitrogen and oxygen atoms in total. The summed E-state index contributed by atoms with van der Waals surface area (Å²) in [5.74, 6) is 0. The van der Waals surface area contributed by atoms with Gasteiger partial charge in [-0.25, -0.2) is 0 Å². The Hall–Kier alpha value is 1.72. The van der Waals surface area contributed by atoms with Crippen molar-refractivity contribution in [2.24, 2.45) is 0 Å². The van der Waals surface area contributed by atoms with Gasteiger partial charge in [-0.3, -0.25) is 0 Å². The molecule has 0 bridgehead atoms. The lowest BCUT2D eigenvalue weighted by atomic mass is 9.88. The number of hydrogen-bond donors (Lipinski definition) is 0. The highest BCUT2D eigenvalue weighted by atomic mass is 31.1. The minimum Gasteiger partial charge on any atom is -0.131 e. The summed E-state index contributed by atoms with van der Waals surface area (Å²) in [6, 6.07) is 0. The van der Waals surface area contributed by atoms with Gasteiger partial charge in [0.1, 0.15) is 0 Å². The summed E-state index contributed by atoms with van der Waals surface area (Å²) in [7, 11) is 10.5. The van der Waals surface area contributed by atoms with E-state index in [4.69, 9.17) is 0 Å². The molecule has 0 amide bonds. The molecule has 0 rings (SSSR count). The zero-order chi connectivity index (χ0) is 42.9. The molecule has 58 heavy (non-hydrogen) atoms. The quantitative estimate of drug-likeness (QED) is 0.0422. The molecule has 3 atom stereocenters. The molecular formula is C54H114P4. The number of rotatable bonds is 48. The molecule has 0 radical (unpaired) electrons. The van der Waals surface area contributed by atoms with Crippen molar-refractivity contribution in [2.45, 2.75) is 327 Å². The predicted molar refractivity (Wildman–Crippen MR) is 287 cm³/mol. The molecule has 0 aliphatic carbocycles. The fourth-order valence-electron chi connectivity index (χ4n) is 9.85. The first-order valence-electron chi connectivity index (χ1n) is 27.2. The van der Waals surface area contributed by atoms with Crippen molar-refractivity contribution < 1.29 is 0 Å². The van der Waals surface area contributed by atoms with Crippen LogP contribution < -0.4 is 0 Å². The summed E-state index contributed by atoms with van der Waals surface area (Å²) in [5, 5.41) is 1.55. The van der Waals surface area contributed by atoms with E-state index in [1.54, 1.807) is 18.5 Å². The fraction of sp³-hybridized carbons (Fsp3) is 1.00. The van der Waals surface area contributed by atoms with Gasteiger partial charge in [0.05, 0.1) is 0 Å². The van der Waals surface area contributed by atoms with E-state index >= 15 is 0 Å². The van der Waals surface area contributed by atoms with Crippen molar-refractivity contribution >= 4 is 35.6 Å². The van der Waals surface area contributed by atoms with Crippen molar-refractivity contribution in [1.82, 2.24) is 0 Å². The van der Waals surface area contributed by atoms with Gasteiger partial charge in [0.15, 0.2) is 0 Å². The van der Waals surface area contributed by atoms with Gasteiger partial charge in [-0.15, -0.1) is 35.6 Å². The van der Waals surface area contributed by atoms with E-state index in [1.165, 1.54) is 270 Å². The summed E-state index contributed by atoms with van der Waals surface area (Å²) in [6.07, 6.45) is 65.1. The molecule has 0 aromatic carbocycles. The van der Waals surface area contributed by atoms with Crippen LogP contribution in [-0.4, -0.2) is 34.0 Å². The maximum atomic E-state index is 3.43. The molecule has 0 heterocycles. The topological polar surface area (TPSA) is 0 Å². The zero-order valence-electron chi connectivity index (χ0n) is 41.5. The minimum absolute atomic E-state index is 0.208. The van der Waals surface area contributed by atoms with Crippen LogP contribution in [0.25, 0.3) is 0 Å². The van der Waals surface area contributed by atoms with Gasteiger partial charge in [0, 0.05) is 0 Å². The third kappa shape index (κ3) is 37.1. The average molecular weight is 887 g/mol. The molecule has 0 aliphatic rings. The lowest BCUT2D eigenvalue weighted by molar-refractivity contribution is 0.408. The van der Waals surface area contributed by atoms with Gasteiger partial charge in [0.2, 0.25) is 0 Å². The minimum atomic E-state index is 0.208. The maximum Gasteiger partial charge on any atom is -0.0150 e. The van der Waals surface area contributed by atoms with Gasteiger partial charge in [-0.2, -0.15) is 0 Å². The Morgan fingerprint density at radius 1 is 0.224 bits per heavy atom. The molecule has 4 heteroatoms. The van der Waals surface area contributed by atoms with Crippen LogP contribution in [-0.2, 0) is 0 Å². The molecule has 350 valence electrons. The smallest absolute Gasteiger partial charge is 0.0150 e. The SMILES string of the molecule is CCCCCCC(P)(CCCCCC)CCCCCP(CCCCCC(P)(CCCCCC)CCCCCC)CCCCCC(P)(CCCCCC)CCCCCC. The largest absolute Gasteiger partial charge is 0.131 e. The number of unbranched alkanes of at least 4 members (excludes halogenated alkanes) is 24. The fourth-order valence-corrected chi connectivity index (χ4v) is 14.4. The van der Waals surface area contributed by atoms with Crippen LogP contribution in [0.1, 0.15) is 311 Å². The Kier molecular flexibility index (Phi) is 43.9. The Balaban J connectivity index is 5.25. The third-order valence-corrected chi connectivity index (χ3v) is 19.6. The van der Waals surface area contributed by atoms with Crippen LogP contribution in [0.15, 0.2) is 0 Å². The van der Waals surface area contributed by atoms with Crippen LogP contribution in [0.2, 0.25) is 0 Å². The maximum absolute atomic E-state index is 3.43. The van der Waals surface area contributed by atoms with Gasteiger partial charge >= 0.3 is 0 Å². The molecule has 0 aromatic heterocycles. The first kappa shape index (κ1) is 59.7. The summed E-state index contributed by atoms with van der Waals surface area (Å²) in [5.41, 5.74) is 0. The Labute approximate surface area is 379 Å². The molecule has 0 fully saturated rings. The zero-order valence-corrected chi connectivity index (χ0v) is 45.9. The molecule has 0 aliphatic heterocycles. The third-order valence-electron chi connectivity index (χ3n) is 14.1. The van der Waals surface area contributed by atoms with Gasteiger partial charge in [-0.05, 0) is 111 Å². The Bertz CT molecular complexity index is 672. The van der Waals surface area contributed by atoms with E-state index < -0.39 is 0 Å². The van der Waals surface area contributed by atoms with Crippen molar-refractivity contribution in [3.8, 4) is 0 Å². The van der Waals surface area contributed by atoms with Gasteiger partial charge in [0.25, 0.3) is 0 Å². The van der Waals surface area contributed by atoms with Crippen molar-refractivity contribution in [1.29, 1.82) is 0 Å². The molecule has 3 unspecified atom stereocenters. The van der Waals surface area contributed by atoms with E-state index in [9.17, 15) is 0 Å². The highest BCUT2D eigenvalue weighted by Gasteiger charge is 2.25. The second-order valence-electron chi connectivity index (χ2n) is 20.2. The molecule has 0 saturated heterocycles. The van der Waals surface area contributed by atoms with Crippen molar-refractivity contribution in [3.05, 3.63) is 0 Å². The van der Waals surface area contributed by atoms with Crippen LogP contribution in [0.3, 0.4) is 0 Å². The van der Waals surface area contributed by atoms with Crippen LogP contribution in [0.4, 0.5) is 0 Å². The first-order valence-corrected chi connectivity index (χ1v) is 30.9. The summed E-state index contributed by atoms with van der Waals surface area (Å²) >= 11 is 0. The summed E-state index contributed by atoms with van der Waals surface area (Å²) in [4.78, 5) is 0. The van der Waals surface area contributed by atoms with Crippen molar-refractivity contribution in [2.75, 3.05) is 18.5 Å². The van der Waals surface area contributed by atoms with E-state index in [2.05, 4.69) is 69.3 Å². The number of hydrogen-bond acceptors (Lipinski definition) is 0. The monoisotopic (exact) mass is 887 g/mol. The standard InChI is InChI=1S/C54H114P4/c1-7-13-19-28-40-52(55,41-29-20-14-8-2)46-34-25-37-49-58(50-38-26-35-47-53(56,42-30-21-15-9-3)43-31-22-16-10-4)51-39-27-36-48-54(57,44-32-23-17-11-5)45-33-24-18-12-6/h7-51,55-57H2,1-6H3. The highest BCUT2D eigenvalue weighted by Crippen LogP contribution is 2.43. The normalized spacial score (nSPS) is 12.7. The molecule has 0 N–H and O–H groups in total. The van der Waals surface area contributed by atoms with Crippen LogP contribution >= 0.6 is 35.6 Å². The summed E-state index contributed by atoms with van der Waals surface area (Å²) < 4.78 is 0.